The van der Waals surface area contributed by atoms with Crippen LogP contribution in [0.2, 0.25) is 0 Å². The third-order valence-electron chi connectivity index (χ3n) is 6.04. The van der Waals surface area contributed by atoms with Crippen molar-refractivity contribution in [2.24, 2.45) is 5.73 Å². The number of amides is 1. The summed E-state index contributed by atoms with van der Waals surface area (Å²) >= 11 is 0. The summed E-state index contributed by atoms with van der Waals surface area (Å²) in [6, 6.07) is 5.23. The number of nitrogens with zero attached hydrogens (tertiary/aromatic N) is 3. The van der Waals surface area contributed by atoms with Gasteiger partial charge in [-0.2, -0.15) is 13.2 Å². The first kappa shape index (κ1) is 27.7. The standard InChI is InChI=1S/C25H26F4N8O2/c1-14(31)10-32-13-18(9-30)35-23-33-11-17(12-34-23)15-2-3-16(19(26)6-15)7-22(38)36-21-8-20(39-37-21)24(4-5-24)25(27,28)29/h2-3,6,8-9,11-14,30,32H,4-5,7,10,31H2,1H3,(H,33,34,35)(H,36,37,38)/b18-13+,30-9?. The summed E-state index contributed by atoms with van der Waals surface area (Å²) < 4.78 is 59.3. The molecule has 2 aromatic heterocycles. The number of anilines is 2. The lowest BCUT2D eigenvalue weighted by Gasteiger charge is -2.14. The number of carbonyl (C=O) groups is 1. The highest BCUT2D eigenvalue weighted by atomic mass is 19.4. The highest BCUT2D eigenvalue weighted by molar-refractivity contribution is 5.91. The molecule has 0 radical (unpaired) electrons. The van der Waals surface area contributed by atoms with Gasteiger partial charge in [-0.15, -0.1) is 0 Å². The molecule has 1 saturated carbocycles. The molecule has 6 N–H and O–H groups in total. The topological polar surface area (TPSA) is 155 Å². The van der Waals surface area contributed by atoms with Crippen molar-refractivity contribution in [3.63, 3.8) is 0 Å². The van der Waals surface area contributed by atoms with E-state index in [-0.39, 0.29) is 48.4 Å². The predicted molar refractivity (Wildman–Crippen MR) is 135 cm³/mol. The van der Waals surface area contributed by atoms with Crippen LogP contribution >= 0.6 is 0 Å². The van der Waals surface area contributed by atoms with Crippen LogP contribution in [0.15, 0.2) is 53.1 Å². The first-order chi connectivity index (χ1) is 18.5. The van der Waals surface area contributed by atoms with E-state index in [9.17, 15) is 22.4 Å². The second kappa shape index (κ2) is 11.2. The van der Waals surface area contributed by atoms with Crippen molar-refractivity contribution in [2.45, 2.75) is 43.8 Å². The predicted octanol–water partition coefficient (Wildman–Crippen LogP) is 3.89. The Kier molecular flexibility index (Phi) is 7.95. The van der Waals surface area contributed by atoms with Gasteiger partial charge in [-0.25, -0.2) is 14.4 Å². The van der Waals surface area contributed by atoms with Gasteiger partial charge < -0.3 is 31.6 Å². The van der Waals surface area contributed by atoms with Gasteiger partial charge in [0.05, 0.1) is 12.1 Å². The fourth-order valence-corrected chi connectivity index (χ4v) is 3.72. The van der Waals surface area contributed by atoms with Crippen molar-refractivity contribution in [2.75, 3.05) is 17.2 Å². The Bertz CT molecular complexity index is 1370. The molecule has 10 nitrogen and oxygen atoms in total. The zero-order chi connectivity index (χ0) is 28.2. The minimum Gasteiger partial charge on any atom is -0.388 e. The van der Waals surface area contributed by atoms with Crippen molar-refractivity contribution in [3.05, 3.63) is 65.7 Å². The second-order valence-corrected chi connectivity index (χ2v) is 9.24. The molecule has 2 heterocycles. The number of allylic oxidation sites excluding steroid dienone is 1. The molecule has 1 atom stereocenters. The Hall–Kier alpha value is -4.33. The molecule has 0 bridgehead atoms. The van der Waals surface area contributed by atoms with Crippen LogP contribution in [-0.2, 0) is 16.6 Å². The normalized spacial score (nSPS) is 15.4. The van der Waals surface area contributed by atoms with Crippen molar-refractivity contribution in [1.29, 1.82) is 5.41 Å². The molecule has 0 spiro atoms. The van der Waals surface area contributed by atoms with Crippen molar-refractivity contribution in [3.8, 4) is 11.1 Å². The molecule has 0 saturated heterocycles. The maximum absolute atomic E-state index is 14.8. The van der Waals surface area contributed by atoms with E-state index in [0.717, 1.165) is 12.3 Å². The highest BCUT2D eigenvalue weighted by Crippen LogP contribution is 2.59. The SMILES string of the molecule is CC(N)CN/C=C(\C=N)Nc1ncc(-c2ccc(CC(=O)Nc3cc(C4(C(F)(F)F)CC4)on3)c(F)c2)cn1. The van der Waals surface area contributed by atoms with E-state index >= 15 is 0 Å². The fraction of sp³-hybridized carbons (Fsp3) is 0.320. The van der Waals surface area contributed by atoms with Crippen LogP contribution in [0.5, 0.6) is 0 Å². The van der Waals surface area contributed by atoms with E-state index in [2.05, 4.69) is 31.1 Å². The van der Waals surface area contributed by atoms with Crippen LogP contribution in [0.1, 0.15) is 31.1 Å². The Morgan fingerprint density at radius 3 is 2.51 bits per heavy atom. The number of hydrogen-bond acceptors (Lipinski definition) is 9. The zero-order valence-electron chi connectivity index (χ0n) is 20.8. The van der Waals surface area contributed by atoms with E-state index < -0.39 is 23.3 Å². The molecule has 1 aromatic carbocycles. The summed E-state index contributed by atoms with van der Waals surface area (Å²) in [5.41, 5.74) is 5.08. The molecule has 206 valence electrons. The first-order valence-electron chi connectivity index (χ1n) is 11.9. The van der Waals surface area contributed by atoms with Gasteiger partial charge in [-0.05, 0) is 37.0 Å². The highest BCUT2D eigenvalue weighted by Gasteiger charge is 2.66. The zero-order valence-corrected chi connectivity index (χ0v) is 20.8. The van der Waals surface area contributed by atoms with E-state index in [1.807, 2.05) is 6.92 Å². The molecule has 1 unspecified atom stereocenters. The number of alkyl halides is 3. The lowest BCUT2D eigenvalue weighted by Crippen LogP contribution is -2.28. The molecule has 1 aliphatic carbocycles. The van der Waals surface area contributed by atoms with E-state index in [4.69, 9.17) is 15.7 Å². The molecule has 1 fully saturated rings. The number of aromatic nitrogens is 3. The number of benzene rings is 1. The summed E-state index contributed by atoms with van der Waals surface area (Å²) in [6.07, 6.45) is 0.570. The van der Waals surface area contributed by atoms with Crippen LogP contribution < -0.4 is 21.7 Å². The van der Waals surface area contributed by atoms with Gasteiger partial charge in [0.1, 0.15) is 11.2 Å². The molecular formula is C25H26F4N8O2. The van der Waals surface area contributed by atoms with E-state index in [1.165, 1.54) is 24.5 Å². The maximum Gasteiger partial charge on any atom is 0.401 e. The van der Waals surface area contributed by atoms with Crippen LogP contribution in [0.25, 0.3) is 11.1 Å². The monoisotopic (exact) mass is 546 g/mol. The molecule has 3 aromatic rings. The average molecular weight is 547 g/mol. The minimum atomic E-state index is -4.47. The number of rotatable bonds is 11. The van der Waals surface area contributed by atoms with E-state index in [0.29, 0.717) is 23.4 Å². The summed E-state index contributed by atoms with van der Waals surface area (Å²) in [5, 5.41) is 19.2. The lowest BCUT2D eigenvalue weighted by molar-refractivity contribution is -0.165. The minimum absolute atomic E-state index is 0.0619. The van der Waals surface area contributed by atoms with Crippen LogP contribution in [-0.4, -0.2) is 46.0 Å². The number of halogens is 4. The van der Waals surface area contributed by atoms with Gasteiger partial charge in [0.25, 0.3) is 0 Å². The number of carbonyl (C=O) groups excluding carboxylic acids is 1. The van der Waals surface area contributed by atoms with Crippen LogP contribution in [0.4, 0.5) is 29.3 Å². The molecule has 4 rings (SSSR count). The maximum atomic E-state index is 14.8. The molecule has 1 amide bonds. The first-order valence-corrected chi connectivity index (χ1v) is 11.9. The summed E-state index contributed by atoms with van der Waals surface area (Å²) in [4.78, 5) is 20.7. The van der Waals surface area contributed by atoms with Gasteiger partial charge in [0.15, 0.2) is 11.6 Å². The van der Waals surface area contributed by atoms with Crippen molar-refractivity contribution in [1.82, 2.24) is 20.4 Å². The van der Waals surface area contributed by atoms with Crippen molar-refractivity contribution >= 4 is 23.9 Å². The van der Waals surface area contributed by atoms with Gasteiger partial charge in [-0.3, -0.25) is 4.79 Å². The Morgan fingerprint density at radius 1 is 1.21 bits per heavy atom. The molecular weight excluding hydrogens is 520 g/mol. The lowest BCUT2D eigenvalue weighted by atomic mass is 10.0. The second-order valence-electron chi connectivity index (χ2n) is 9.24. The quantitative estimate of drug-likeness (QED) is 0.179. The summed E-state index contributed by atoms with van der Waals surface area (Å²) in [6.45, 7) is 2.36. The summed E-state index contributed by atoms with van der Waals surface area (Å²) in [7, 11) is 0. The van der Waals surface area contributed by atoms with Crippen LogP contribution in [0.3, 0.4) is 0 Å². The summed E-state index contributed by atoms with van der Waals surface area (Å²) in [5.74, 6) is -1.62. The molecule has 39 heavy (non-hydrogen) atoms. The fourth-order valence-electron chi connectivity index (χ4n) is 3.72. The van der Waals surface area contributed by atoms with Gasteiger partial charge in [-0.1, -0.05) is 17.3 Å². The largest absolute Gasteiger partial charge is 0.401 e. The Balaban J connectivity index is 1.36. The van der Waals surface area contributed by atoms with E-state index in [1.54, 1.807) is 12.3 Å². The Morgan fingerprint density at radius 2 is 1.92 bits per heavy atom. The average Bonchev–Trinajstić information content (AvgIpc) is 3.58. The van der Waals surface area contributed by atoms with Gasteiger partial charge in [0.2, 0.25) is 11.9 Å². The molecule has 1 aliphatic rings. The van der Waals surface area contributed by atoms with Gasteiger partial charge >= 0.3 is 6.18 Å². The third-order valence-corrected chi connectivity index (χ3v) is 6.04. The smallest absolute Gasteiger partial charge is 0.388 e. The Labute approximate surface area is 220 Å². The van der Waals surface area contributed by atoms with Crippen LogP contribution in [0, 0.1) is 11.2 Å². The molecule has 14 heteroatoms. The van der Waals surface area contributed by atoms with Gasteiger partial charge in [0, 0.05) is 49.0 Å². The van der Waals surface area contributed by atoms with Crippen molar-refractivity contribution < 1.29 is 26.9 Å². The number of nitrogens with two attached hydrogens (primary N) is 1. The number of hydrogen-bond donors (Lipinski definition) is 5. The number of nitrogens with one attached hydrogen (secondary N) is 4. The molecule has 0 aliphatic heterocycles. The third kappa shape index (κ3) is 6.57.